The molecule has 30 heteroatoms. The number of carbonyl (C=O) groups is 2. The molecule has 0 amide bonds. The van der Waals surface area contributed by atoms with Crippen LogP contribution in [0.2, 0.25) is 0 Å². The van der Waals surface area contributed by atoms with Gasteiger partial charge in [-0.2, -0.15) is 0 Å². The third-order valence-electron chi connectivity index (χ3n) is 23.6. The molecule has 18 N–H and O–H groups in total. The van der Waals surface area contributed by atoms with Crippen molar-refractivity contribution in [3.05, 3.63) is 11.6 Å². The van der Waals surface area contributed by atoms with Gasteiger partial charge < -0.3 is 139 Å². The number of fused-ring (bicyclic) bond motifs is 7. The Balaban J connectivity index is 0.929. The van der Waals surface area contributed by atoms with E-state index in [1.54, 1.807) is 6.92 Å². The van der Waals surface area contributed by atoms with Crippen molar-refractivity contribution in [3.63, 3.8) is 0 Å². The zero-order valence-electron chi connectivity index (χ0n) is 51.4. The third-order valence-corrected chi connectivity index (χ3v) is 23.6. The Labute approximate surface area is 519 Å². The van der Waals surface area contributed by atoms with Gasteiger partial charge in [-0.3, -0.25) is 9.59 Å². The van der Waals surface area contributed by atoms with Crippen LogP contribution in [0.3, 0.4) is 0 Å². The normalized spacial score (nSPS) is 53.6. The van der Waals surface area contributed by atoms with E-state index in [2.05, 4.69) is 40.7 Å². The molecule has 10 rings (SSSR count). The molecule has 0 aromatic heterocycles. The summed E-state index contributed by atoms with van der Waals surface area (Å²) in [5.41, 5.74) is -3.70. The van der Waals surface area contributed by atoms with Gasteiger partial charge in [0.05, 0.1) is 50.0 Å². The monoisotopic (exact) mass is 1300 g/mol. The quantitative estimate of drug-likeness (QED) is 0.0537. The lowest BCUT2D eigenvalue weighted by Crippen LogP contribution is -2.67. The van der Waals surface area contributed by atoms with Crippen molar-refractivity contribution in [3.8, 4) is 0 Å². The number of aliphatic hydroxyl groups excluding tert-OH is 18. The van der Waals surface area contributed by atoms with Crippen LogP contribution in [0.25, 0.3) is 0 Å². The van der Waals surface area contributed by atoms with Crippen LogP contribution in [0, 0.1) is 50.2 Å². The fourth-order valence-corrected chi connectivity index (χ4v) is 17.7. The maximum atomic E-state index is 15.7. The molecule has 30 nitrogen and oxygen atoms in total. The predicted molar refractivity (Wildman–Crippen MR) is 297 cm³/mol. The number of allylic oxidation sites excluding steroid dienone is 2. The first-order valence-corrected chi connectivity index (χ1v) is 31.5. The van der Waals surface area contributed by atoms with Gasteiger partial charge in [-0.05, 0) is 111 Å². The smallest absolute Gasteiger partial charge is 0.317 e. The van der Waals surface area contributed by atoms with Gasteiger partial charge in [0, 0.05) is 0 Å². The van der Waals surface area contributed by atoms with Crippen molar-refractivity contribution in [2.24, 2.45) is 50.2 Å². The Bertz CT molecular complexity index is 2540. The standard InChI is InChI=1S/C60H96O30/c1-55(2)13-15-60(16-14-57(4)23(24(60)17-55)7-8-30-56(3)11-10-32(65)59(6,31(56)9-12-58(30,57)5)53(79)89-50-44(77)40(73)35(68)27(20-63)84-50)54(80)90-51-45(78)46(87-48-42(75)38(71)33(66)25(18-61)82-48)37(70)29(86-51)22-81-52-47(41(74)36(69)28(21-64)85-52)88-49-43(76)39(72)34(67)26(19-62)83-49/h7,24-52,61-78H,8-22H2,1-6H3/t24-,25+,26+,27+,28+,29+,30?,31?,32+,33+,34+,35+,36+,37+,38-,39-,40-,41-,42+,43+,44+,45+,46-,47+,48-,49-,50-,51-,52+,56+,57+,58+,59-,60-/m0/s1. The van der Waals surface area contributed by atoms with Crippen LogP contribution in [0.15, 0.2) is 11.6 Å². The molecule has 90 heavy (non-hydrogen) atoms. The molecule has 5 aliphatic carbocycles. The van der Waals surface area contributed by atoms with E-state index in [0.717, 1.165) is 5.57 Å². The van der Waals surface area contributed by atoms with E-state index in [0.29, 0.717) is 51.4 Å². The molecule has 516 valence electrons. The van der Waals surface area contributed by atoms with Gasteiger partial charge in [-0.25, -0.2) is 0 Å². The van der Waals surface area contributed by atoms with E-state index in [4.69, 9.17) is 47.4 Å². The summed E-state index contributed by atoms with van der Waals surface area (Å²) < 4.78 is 58.7. The maximum absolute atomic E-state index is 15.7. The van der Waals surface area contributed by atoms with Crippen molar-refractivity contribution < 1.29 is 149 Å². The molecule has 4 saturated carbocycles. The highest BCUT2D eigenvalue weighted by Crippen LogP contribution is 2.76. The summed E-state index contributed by atoms with van der Waals surface area (Å²) in [6.07, 6.45) is -40.6. The fraction of sp³-hybridized carbons (Fsp3) is 0.933. The summed E-state index contributed by atoms with van der Waals surface area (Å²) in [5, 5.41) is 194. The topological polar surface area (TPSA) is 491 Å². The molecule has 0 spiro atoms. The van der Waals surface area contributed by atoms with Gasteiger partial charge in [-0.1, -0.05) is 46.3 Å². The number of carbonyl (C=O) groups excluding carboxylic acids is 2. The molecule has 0 aromatic carbocycles. The van der Waals surface area contributed by atoms with E-state index in [1.165, 1.54) is 0 Å². The minimum Gasteiger partial charge on any atom is -0.432 e. The highest BCUT2D eigenvalue weighted by Gasteiger charge is 2.72. The molecule has 5 heterocycles. The van der Waals surface area contributed by atoms with Crippen LogP contribution < -0.4 is 0 Å². The minimum atomic E-state index is -2.13. The Morgan fingerprint density at radius 3 is 1.49 bits per heavy atom. The lowest BCUT2D eigenvalue weighted by molar-refractivity contribution is -0.377. The average molecular weight is 1300 g/mol. The summed E-state index contributed by atoms with van der Waals surface area (Å²) in [6.45, 7) is 8.25. The second-order valence-corrected chi connectivity index (χ2v) is 28.9. The Kier molecular flexibility index (Phi) is 20.5. The average Bonchev–Trinajstić information content (AvgIpc) is 0.680. The molecule has 5 aliphatic heterocycles. The lowest BCUT2D eigenvalue weighted by Gasteiger charge is -2.71. The predicted octanol–water partition coefficient (Wildman–Crippen LogP) is -5.71. The van der Waals surface area contributed by atoms with Gasteiger partial charge >= 0.3 is 11.9 Å². The molecule has 34 atom stereocenters. The lowest BCUT2D eigenvalue weighted by atomic mass is 9.33. The largest absolute Gasteiger partial charge is 0.432 e. The number of hydrogen-bond acceptors (Lipinski definition) is 30. The summed E-state index contributed by atoms with van der Waals surface area (Å²) in [5.74, 6) is -2.65. The number of esters is 2. The van der Waals surface area contributed by atoms with Crippen LogP contribution in [0.1, 0.15) is 106 Å². The molecule has 0 radical (unpaired) electrons. The highest BCUT2D eigenvalue weighted by atomic mass is 16.8. The molecule has 9 fully saturated rings. The van der Waals surface area contributed by atoms with Gasteiger partial charge in [-0.15, -0.1) is 0 Å². The van der Waals surface area contributed by atoms with E-state index in [9.17, 15) is 96.7 Å². The molecular formula is C60H96O30. The number of hydrogen-bond donors (Lipinski definition) is 18. The molecule has 0 aromatic rings. The van der Waals surface area contributed by atoms with Gasteiger partial charge in [0.2, 0.25) is 12.6 Å². The van der Waals surface area contributed by atoms with Gasteiger partial charge in [0.25, 0.3) is 0 Å². The van der Waals surface area contributed by atoms with Crippen LogP contribution in [0.5, 0.6) is 0 Å². The summed E-state index contributed by atoms with van der Waals surface area (Å²) in [6, 6.07) is 0. The molecular weight excluding hydrogens is 1200 g/mol. The summed E-state index contributed by atoms with van der Waals surface area (Å²) in [7, 11) is 0. The van der Waals surface area contributed by atoms with Crippen LogP contribution in [0.4, 0.5) is 0 Å². The van der Waals surface area contributed by atoms with Crippen molar-refractivity contribution in [2.75, 3.05) is 33.0 Å². The first kappa shape index (κ1) is 70.4. The molecule has 10 aliphatic rings. The number of ether oxygens (including phenoxy) is 10. The van der Waals surface area contributed by atoms with Crippen LogP contribution in [-0.2, 0) is 57.0 Å². The summed E-state index contributed by atoms with van der Waals surface area (Å²) >= 11 is 0. The zero-order chi connectivity index (χ0) is 65.9. The zero-order valence-corrected chi connectivity index (χ0v) is 51.4. The molecule has 0 bridgehead atoms. The van der Waals surface area contributed by atoms with Crippen molar-refractivity contribution in [1.82, 2.24) is 0 Å². The second kappa shape index (κ2) is 26.2. The number of rotatable bonds is 15. The Hall–Kier alpha value is -2.36. The van der Waals surface area contributed by atoms with Crippen molar-refractivity contribution in [2.45, 2.75) is 265 Å². The second-order valence-electron chi connectivity index (χ2n) is 28.9. The van der Waals surface area contributed by atoms with Crippen molar-refractivity contribution >= 4 is 11.9 Å². The number of aliphatic hydroxyl groups is 18. The SMILES string of the molecule is CC1(C)CC[C@]2(C(=O)O[C@@H]3O[C@H](CO[C@@H]4O[C@H](CO)[C@@H](O)[C@H](O)[C@H]4O[C@@H]4O[C@H](CO)[C@@H](O)[C@H](O)[C@H]4O)[C@@H](O)[C@H](O[C@@H]4O[C@H](CO)[C@@H](O)[C@H](O)[C@H]4O)[C@H]3O)CC[C@]3(C)C(=CCC4[C@@]5(C)CC[C@@H](O)[C@@](C)(C(=O)O[C@@H]6O[C@H](CO)[C@@H](O)[C@H](O)[C@H]6O)C5CC[C@]43C)[C@@H]2C1. The van der Waals surface area contributed by atoms with E-state index in [1.807, 2.05) is 0 Å². The summed E-state index contributed by atoms with van der Waals surface area (Å²) in [4.78, 5) is 30.3. The van der Waals surface area contributed by atoms with E-state index >= 15 is 4.79 Å². The highest BCUT2D eigenvalue weighted by molar-refractivity contribution is 5.79. The Morgan fingerprint density at radius 2 is 0.933 bits per heavy atom. The molecule has 2 unspecified atom stereocenters. The van der Waals surface area contributed by atoms with Crippen LogP contribution in [-0.4, -0.2) is 297 Å². The first-order valence-electron chi connectivity index (χ1n) is 31.5. The van der Waals surface area contributed by atoms with Crippen LogP contribution >= 0.6 is 0 Å². The molecule has 5 saturated heterocycles. The van der Waals surface area contributed by atoms with Gasteiger partial charge in [0.15, 0.2) is 18.9 Å². The Morgan fingerprint density at radius 1 is 0.467 bits per heavy atom. The van der Waals surface area contributed by atoms with Crippen molar-refractivity contribution in [1.29, 1.82) is 0 Å². The minimum absolute atomic E-state index is 0.0890. The van der Waals surface area contributed by atoms with E-state index < -0.39 is 244 Å². The van der Waals surface area contributed by atoms with Gasteiger partial charge in [0.1, 0.15) is 122 Å². The first-order chi connectivity index (χ1) is 42.2. The van der Waals surface area contributed by atoms with E-state index in [-0.39, 0.29) is 24.2 Å². The maximum Gasteiger partial charge on any atom is 0.317 e. The third kappa shape index (κ3) is 11.6. The fourth-order valence-electron chi connectivity index (χ4n) is 17.7.